The zero-order chi connectivity index (χ0) is 18.7. The van der Waals surface area contributed by atoms with E-state index < -0.39 is 0 Å². The van der Waals surface area contributed by atoms with Crippen LogP contribution in [0.1, 0.15) is 20.8 Å². The molecule has 1 aliphatic heterocycles. The van der Waals surface area contributed by atoms with Crippen LogP contribution in [0.4, 0.5) is 10.8 Å². The fourth-order valence-corrected chi connectivity index (χ4v) is 4.10. The normalized spacial score (nSPS) is 15.9. The van der Waals surface area contributed by atoms with Crippen LogP contribution >= 0.6 is 23.6 Å². The molecule has 1 aliphatic rings. The third-order valence-corrected chi connectivity index (χ3v) is 5.46. The van der Waals surface area contributed by atoms with Crippen molar-refractivity contribution in [1.29, 1.82) is 0 Å². The molecule has 2 aromatic rings. The van der Waals surface area contributed by atoms with E-state index in [1.807, 2.05) is 16.8 Å². The first-order valence-electron chi connectivity index (χ1n) is 8.81. The van der Waals surface area contributed by atoms with E-state index in [-0.39, 0.29) is 5.54 Å². The van der Waals surface area contributed by atoms with Crippen molar-refractivity contribution in [3.63, 3.8) is 0 Å². The lowest BCUT2D eigenvalue weighted by Crippen LogP contribution is -2.46. The average molecular weight is 394 g/mol. The molecule has 3 rings (SSSR count). The molecule has 0 unspecified atom stereocenters. The lowest BCUT2D eigenvalue weighted by Gasteiger charge is -2.35. The van der Waals surface area contributed by atoms with Crippen LogP contribution in [0.3, 0.4) is 0 Å². The maximum absolute atomic E-state index is 5.48. The van der Waals surface area contributed by atoms with Crippen LogP contribution in [-0.2, 0) is 6.67 Å². The molecule has 0 spiro atoms. The quantitative estimate of drug-likeness (QED) is 0.782. The second kappa shape index (κ2) is 7.94. The van der Waals surface area contributed by atoms with E-state index in [0.717, 1.165) is 47.7 Å². The van der Waals surface area contributed by atoms with Crippen molar-refractivity contribution >= 4 is 34.4 Å². The molecule has 1 aromatic heterocycles. The number of piperazine rings is 1. The van der Waals surface area contributed by atoms with Gasteiger partial charge >= 0.3 is 0 Å². The van der Waals surface area contributed by atoms with Gasteiger partial charge in [-0.05, 0) is 57.3 Å². The number of aromatic nitrogens is 2. The summed E-state index contributed by atoms with van der Waals surface area (Å²) in [4.78, 5) is 4.80. The Morgan fingerprint density at radius 3 is 2.38 bits per heavy atom. The molecule has 26 heavy (non-hydrogen) atoms. The summed E-state index contributed by atoms with van der Waals surface area (Å²) in [6.07, 6.45) is 0. The van der Waals surface area contributed by atoms with E-state index in [4.69, 9.17) is 17.0 Å². The fraction of sp³-hybridized carbons (Fsp3) is 0.556. The number of hydrogen-bond acceptors (Lipinski definition) is 7. The maximum atomic E-state index is 5.48. The summed E-state index contributed by atoms with van der Waals surface area (Å²) < 4.78 is 7.97. The molecule has 0 saturated carbocycles. The number of ether oxygens (including phenoxy) is 1. The van der Waals surface area contributed by atoms with Crippen molar-refractivity contribution < 1.29 is 4.74 Å². The zero-order valence-electron chi connectivity index (χ0n) is 15.9. The molecule has 0 aliphatic carbocycles. The predicted molar refractivity (Wildman–Crippen MR) is 111 cm³/mol. The molecule has 0 amide bonds. The molecule has 1 fully saturated rings. The van der Waals surface area contributed by atoms with Crippen LogP contribution in [0.2, 0.25) is 0 Å². The minimum absolute atomic E-state index is 0.0125. The second-order valence-electron chi connectivity index (χ2n) is 7.49. The molecule has 142 valence electrons. The number of nitrogens with zero attached hydrogens (tertiary/aromatic N) is 4. The molecule has 1 N–H and O–H groups in total. The van der Waals surface area contributed by atoms with E-state index in [9.17, 15) is 0 Å². The Morgan fingerprint density at radius 2 is 1.81 bits per heavy atom. The zero-order valence-corrected chi connectivity index (χ0v) is 17.5. The highest BCUT2D eigenvalue weighted by Crippen LogP contribution is 2.22. The van der Waals surface area contributed by atoms with Crippen molar-refractivity contribution in [3.05, 3.63) is 28.2 Å². The molecular formula is C18H27N5OS2. The number of nitrogens with one attached hydrogen (secondary N) is 1. The van der Waals surface area contributed by atoms with Crippen LogP contribution in [-0.4, -0.2) is 53.5 Å². The van der Waals surface area contributed by atoms with Crippen LogP contribution in [0.5, 0.6) is 5.75 Å². The van der Waals surface area contributed by atoms with Gasteiger partial charge in [-0.15, -0.1) is 5.10 Å². The molecule has 0 bridgehead atoms. The Balaban J connectivity index is 1.56. The molecule has 1 aromatic carbocycles. The number of anilines is 2. The number of benzene rings is 1. The van der Waals surface area contributed by atoms with E-state index in [2.05, 4.69) is 53.1 Å². The van der Waals surface area contributed by atoms with Crippen molar-refractivity contribution in [2.75, 3.05) is 43.5 Å². The lowest BCUT2D eigenvalue weighted by atomic mass is 10.1. The largest absolute Gasteiger partial charge is 0.497 e. The molecule has 0 radical (unpaired) electrons. The van der Waals surface area contributed by atoms with E-state index in [1.54, 1.807) is 7.11 Å². The SMILES string of the molecule is COc1ccc(N2CCN(Cn3nc(NC(C)(C)C)sc3=S)CC2)cc1. The summed E-state index contributed by atoms with van der Waals surface area (Å²) in [5.41, 5.74) is 1.23. The van der Waals surface area contributed by atoms with Gasteiger partial charge in [0, 0.05) is 37.4 Å². The summed E-state index contributed by atoms with van der Waals surface area (Å²) in [5, 5.41) is 8.92. The van der Waals surface area contributed by atoms with Crippen LogP contribution in [0.15, 0.2) is 24.3 Å². The van der Waals surface area contributed by atoms with Gasteiger partial charge in [0.1, 0.15) is 5.75 Å². The van der Waals surface area contributed by atoms with Crippen LogP contribution in [0.25, 0.3) is 0 Å². The Bertz CT molecular complexity index is 770. The Labute approximate surface area is 164 Å². The lowest BCUT2D eigenvalue weighted by molar-refractivity contribution is 0.195. The Hall–Kier alpha value is -1.64. The minimum atomic E-state index is -0.0125. The highest BCUT2D eigenvalue weighted by molar-refractivity contribution is 7.73. The van der Waals surface area contributed by atoms with Gasteiger partial charge in [0.2, 0.25) is 5.13 Å². The summed E-state index contributed by atoms with van der Waals surface area (Å²) >= 11 is 7.02. The maximum Gasteiger partial charge on any atom is 0.205 e. The summed E-state index contributed by atoms with van der Waals surface area (Å²) in [6, 6.07) is 8.27. The van der Waals surface area contributed by atoms with E-state index >= 15 is 0 Å². The van der Waals surface area contributed by atoms with Gasteiger partial charge < -0.3 is 15.0 Å². The van der Waals surface area contributed by atoms with Gasteiger partial charge in [-0.2, -0.15) is 0 Å². The summed E-state index contributed by atoms with van der Waals surface area (Å²) in [5.74, 6) is 0.893. The monoisotopic (exact) mass is 393 g/mol. The summed E-state index contributed by atoms with van der Waals surface area (Å²) in [6.45, 7) is 11.1. The van der Waals surface area contributed by atoms with E-state index in [1.165, 1.54) is 17.0 Å². The summed E-state index contributed by atoms with van der Waals surface area (Å²) in [7, 11) is 1.69. The first-order chi connectivity index (χ1) is 12.3. The Kier molecular flexibility index (Phi) is 5.84. The van der Waals surface area contributed by atoms with Gasteiger partial charge in [0.05, 0.1) is 13.8 Å². The van der Waals surface area contributed by atoms with Crippen LogP contribution in [0, 0.1) is 3.95 Å². The van der Waals surface area contributed by atoms with Gasteiger partial charge in [0.25, 0.3) is 0 Å². The van der Waals surface area contributed by atoms with E-state index in [0.29, 0.717) is 0 Å². The number of methoxy groups -OCH3 is 1. The van der Waals surface area contributed by atoms with Crippen molar-refractivity contribution in [1.82, 2.24) is 14.7 Å². The van der Waals surface area contributed by atoms with Crippen LogP contribution < -0.4 is 15.0 Å². The highest BCUT2D eigenvalue weighted by Gasteiger charge is 2.19. The fourth-order valence-electron chi connectivity index (χ4n) is 2.90. The van der Waals surface area contributed by atoms with Crippen molar-refractivity contribution in [2.45, 2.75) is 33.0 Å². The van der Waals surface area contributed by atoms with Gasteiger partial charge in [-0.25, -0.2) is 4.68 Å². The topological polar surface area (TPSA) is 45.6 Å². The molecule has 2 heterocycles. The molecule has 6 nitrogen and oxygen atoms in total. The number of hydrogen-bond donors (Lipinski definition) is 1. The molecule has 0 atom stereocenters. The average Bonchev–Trinajstić information content (AvgIpc) is 2.93. The van der Waals surface area contributed by atoms with Gasteiger partial charge in [-0.1, -0.05) is 11.3 Å². The van der Waals surface area contributed by atoms with Crippen molar-refractivity contribution in [3.8, 4) is 5.75 Å². The van der Waals surface area contributed by atoms with Gasteiger partial charge in [0.15, 0.2) is 3.95 Å². The smallest absolute Gasteiger partial charge is 0.205 e. The Morgan fingerprint density at radius 1 is 1.15 bits per heavy atom. The number of rotatable bonds is 5. The highest BCUT2D eigenvalue weighted by atomic mass is 32.1. The standard InChI is InChI=1S/C18H27N5OS2/c1-18(2,3)19-16-20-23(17(25)26-16)13-21-9-11-22(12-10-21)14-5-7-15(24-4)8-6-14/h5-8H,9-13H2,1-4H3,(H,19,20). The van der Waals surface area contributed by atoms with Gasteiger partial charge in [-0.3, -0.25) is 4.90 Å². The second-order valence-corrected chi connectivity index (χ2v) is 9.11. The third-order valence-electron chi connectivity index (χ3n) is 4.23. The molecular weight excluding hydrogens is 366 g/mol. The third kappa shape index (κ3) is 4.96. The first-order valence-corrected chi connectivity index (χ1v) is 10.0. The van der Waals surface area contributed by atoms with Crippen molar-refractivity contribution in [2.24, 2.45) is 0 Å². The predicted octanol–water partition coefficient (Wildman–Crippen LogP) is 3.67. The molecule has 8 heteroatoms. The molecule has 1 saturated heterocycles. The minimum Gasteiger partial charge on any atom is -0.497 e. The first kappa shape index (κ1) is 19.1.